The molecule has 0 unspecified atom stereocenters. The SMILES string of the molecule is c1ccc(-c2nc(-c3cc4ccc5ccccc5c4c4ccccc34)nc(-c3ccc(-c4ccc5ccccc5c4)c4oc5ccccc5c34)n2)cc1. The first-order chi connectivity index (χ1) is 26.3. The Morgan fingerprint density at radius 2 is 0.925 bits per heavy atom. The van der Waals surface area contributed by atoms with E-state index in [1.807, 2.05) is 30.3 Å². The number of nitrogens with zero attached hydrogens (tertiary/aromatic N) is 3. The van der Waals surface area contributed by atoms with Gasteiger partial charge in [-0.25, -0.2) is 15.0 Å². The Bertz CT molecular complexity index is 3240. The van der Waals surface area contributed by atoms with Gasteiger partial charge in [0.2, 0.25) is 0 Å². The van der Waals surface area contributed by atoms with Gasteiger partial charge in [-0.2, -0.15) is 0 Å². The van der Waals surface area contributed by atoms with Crippen LogP contribution in [0.1, 0.15) is 0 Å². The molecule has 2 aromatic heterocycles. The second-order valence-corrected chi connectivity index (χ2v) is 13.6. The lowest BCUT2D eigenvalue weighted by atomic mass is 9.93. The van der Waals surface area contributed by atoms with Crippen molar-refractivity contribution < 1.29 is 4.42 Å². The van der Waals surface area contributed by atoms with Gasteiger partial charge in [0.1, 0.15) is 11.2 Å². The molecule has 4 heteroatoms. The molecule has 0 N–H and O–H groups in total. The van der Waals surface area contributed by atoms with Crippen molar-refractivity contribution >= 4 is 65.0 Å². The van der Waals surface area contributed by atoms with E-state index in [-0.39, 0.29) is 0 Å². The Kier molecular flexibility index (Phi) is 6.52. The summed E-state index contributed by atoms with van der Waals surface area (Å²) in [6, 6.07) is 61.5. The number of hydrogen-bond acceptors (Lipinski definition) is 4. The Balaban J connectivity index is 1.20. The second kappa shape index (κ2) is 11.7. The molecule has 0 aliphatic heterocycles. The first-order valence-corrected chi connectivity index (χ1v) is 17.9. The summed E-state index contributed by atoms with van der Waals surface area (Å²) in [5.41, 5.74) is 6.53. The number of para-hydroxylation sites is 1. The Morgan fingerprint density at radius 1 is 0.321 bits per heavy atom. The summed E-state index contributed by atoms with van der Waals surface area (Å²) in [6.07, 6.45) is 0. The van der Waals surface area contributed by atoms with E-state index in [1.54, 1.807) is 0 Å². The van der Waals surface area contributed by atoms with Gasteiger partial charge < -0.3 is 4.42 Å². The maximum absolute atomic E-state index is 6.71. The fraction of sp³-hybridized carbons (Fsp3) is 0. The smallest absolute Gasteiger partial charge is 0.164 e. The predicted octanol–water partition coefficient (Wildman–Crippen LogP) is 13.1. The zero-order chi connectivity index (χ0) is 34.9. The van der Waals surface area contributed by atoms with Crippen LogP contribution in [-0.2, 0) is 0 Å². The van der Waals surface area contributed by atoms with Gasteiger partial charge in [-0.15, -0.1) is 0 Å². The Hall–Kier alpha value is -7.17. The van der Waals surface area contributed by atoms with E-state index in [4.69, 9.17) is 19.4 Å². The highest BCUT2D eigenvalue weighted by atomic mass is 16.3. The summed E-state index contributed by atoms with van der Waals surface area (Å²) in [5, 5.41) is 11.5. The summed E-state index contributed by atoms with van der Waals surface area (Å²) >= 11 is 0. The molecule has 4 nitrogen and oxygen atoms in total. The maximum atomic E-state index is 6.71. The molecule has 2 heterocycles. The number of aromatic nitrogens is 3. The van der Waals surface area contributed by atoms with Crippen LogP contribution < -0.4 is 0 Å². The number of furan rings is 1. The fourth-order valence-corrected chi connectivity index (χ4v) is 8.00. The Morgan fingerprint density at radius 3 is 1.77 bits per heavy atom. The van der Waals surface area contributed by atoms with E-state index in [1.165, 1.54) is 32.3 Å². The monoisotopic (exact) mass is 675 g/mol. The third-order valence-corrected chi connectivity index (χ3v) is 10.5. The summed E-state index contributed by atoms with van der Waals surface area (Å²) in [5.74, 6) is 1.84. The highest BCUT2D eigenvalue weighted by molar-refractivity contribution is 6.23. The lowest BCUT2D eigenvalue weighted by molar-refractivity contribution is 0.670. The first-order valence-electron chi connectivity index (χ1n) is 17.9. The molecule has 0 amide bonds. The van der Waals surface area contributed by atoms with Gasteiger partial charge in [-0.3, -0.25) is 0 Å². The van der Waals surface area contributed by atoms with Crippen LogP contribution in [0.2, 0.25) is 0 Å². The van der Waals surface area contributed by atoms with Crippen molar-refractivity contribution in [3.05, 3.63) is 176 Å². The van der Waals surface area contributed by atoms with Crippen molar-refractivity contribution in [2.45, 2.75) is 0 Å². The first kappa shape index (κ1) is 29.5. The van der Waals surface area contributed by atoms with Gasteiger partial charge in [0.25, 0.3) is 0 Å². The largest absolute Gasteiger partial charge is 0.455 e. The molecule has 53 heavy (non-hydrogen) atoms. The van der Waals surface area contributed by atoms with Crippen LogP contribution in [0.4, 0.5) is 0 Å². The molecule has 0 bridgehead atoms. The van der Waals surface area contributed by atoms with Crippen LogP contribution in [0.3, 0.4) is 0 Å². The van der Waals surface area contributed by atoms with Crippen molar-refractivity contribution in [3.8, 4) is 45.3 Å². The van der Waals surface area contributed by atoms with Gasteiger partial charge in [-0.1, -0.05) is 146 Å². The van der Waals surface area contributed by atoms with Gasteiger partial charge in [0.15, 0.2) is 17.5 Å². The minimum Gasteiger partial charge on any atom is -0.455 e. The highest BCUT2D eigenvalue weighted by Gasteiger charge is 2.22. The number of rotatable bonds is 4. The fourth-order valence-electron chi connectivity index (χ4n) is 8.00. The van der Waals surface area contributed by atoms with Crippen LogP contribution in [0.5, 0.6) is 0 Å². The third kappa shape index (κ3) is 4.73. The van der Waals surface area contributed by atoms with Gasteiger partial charge in [0.05, 0.1) is 0 Å². The Labute approximate surface area is 304 Å². The average Bonchev–Trinajstić information content (AvgIpc) is 3.63. The molecule has 0 saturated heterocycles. The molecule has 0 radical (unpaired) electrons. The summed E-state index contributed by atoms with van der Waals surface area (Å²) in [7, 11) is 0. The quantitative estimate of drug-likeness (QED) is 0.174. The number of fused-ring (bicyclic) bond motifs is 9. The molecule has 0 aliphatic rings. The van der Waals surface area contributed by atoms with Crippen LogP contribution >= 0.6 is 0 Å². The number of benzene rings is 9. The third-order valence-electron chi connectivity index (χ3n) is 10.5. The molecule has 9 aromatic carbocycles. The summed E-state index contributed by atoms with van der Waals surface area (Å²) < 4.78 is 6.71. The zero-order valence-electron chi connectivity index (χ0n) is 28.5. The maximum Gasteiger partial charge on any atom is 0.164 e. The summed E-state index contributed by atoms with van der Waals surface area (Å²) in [4.78, 5) is 15.7. The molecule has 0 fully saturated rings. The molecule has 11 rings (SSSR count). The lowest BCUT2D eigenvalue weighted by Gasteiger charge is -2.14. The molecule has 0 atom stereocenters. The van der Waals surface area contributed by atoms with E-state index in [2.05, 4.69) is 146 Å². The molecule has 11 aromatic rings. The molecular formula is C49H29N3O. The van der Waals surface area contributed by atoms with Gasteiger partial charge in [-0.05, 0) is 79.0 Å². The predicted molar refractivity (Wildman–Crippen MR) is 219 cm³/mol. The van der Waals surface area contributed by atoms with Gasteiger partial charge in [0, 0.05) is 33.0 Å². The molecule has 0 aliphatic carbocycles. The topological polar surface area (TPSA) is 51.8 Å². The van der Waals surface area contributed by atoms with E-state index >= 15 is 0 Å². The standard InChI is InChI=1S/C49H29N3O/c1-2-14-32(15-3-1)47-50-48(52-49(51-47)42-29-35-25-23-31-13-6-7-17-36(31)44(35)39-19-9-8-18-38(39)42)41-27-26-37(34-24-22-30-12-4-5-16-33(30)28-34)46-45(41)40-20-10-11-21-43(40)53-46/h1-29H. The average molecular weight is 676 g/mol. The molecule has 0 spiro atoms. The molecular weight excluding hydrogens is 647 g/mol. The van der Waals surface area contributed by atoms with Crippen LogP contribution in [0, 0.1) is 0 Å². The van der Waals surface area contributed by atoms with Crippen LogP contribution in [-0.4, -0.2) is 15.0 Å². The van der Waals surface area contributed by atoms with E-state index in [0.29, 0.717) is 17.5 Å². The van der Waals surface area contributed by atoms with Crippen LogP contribution in [0.25, 0.3) is 110 Å². The zero-order valence-corrected chi connectivity index (χ0v) is 28.5. The lowest BCUT2D eigenvalue weighted by Crippen LogP contribution is -2.01. The van der Waals surface area contributed by atoms with Crippen molar-refractivity contribution in [2.24, 2.45) is 0 Å². The normalized spacial score (nSPS) is 11.8. The second-order valence-electron chi connectivity index (χ2n) is 13.6. The van der Waals surface area contributed by atoms with Crippen molar-refractivity contribution in [2.75, 3.05) is 0 Å². The highest BCUT2D eigenvalue weighted by Crippen LogP contribution is 2.43. The van der Waals surface area contributed by atoms with Crippen molar-refractivity contribution in [1.82, 2.24) is 15.0 Å². The minimum atomic E-state index is 0.596. The van der Waals surface area contributed by atoms with Crippen molar-refractivity contribution in [3.63, 3.8) is 0 Å². The minimum absolute atomic E-state index is 0.596. The van der Waals surface area contributed by atoms with Crippen molar-refractivity contribution in [1.29, 1.82) is 0 Å². The van der Waals surface area contributed by atoms with Crippen LogP contribution in [0.15, 0.2) is 180 Å². The van der Waals surface area contributed by atoms with Gasteiger partial charge >= 0.3 is 0 Å². The summed E-state index contributed by atoms with van der Waals surface area (Å²) in [6.45, 7) is 0. The number of hydrogen-bond donors (Lipinski definition) is 0. The van der Waals surface area contributed by atoms with E-state index in [0.717, 1.165) is 60.5 Å². The molecule has 246 valence electrons. The van der Waals surface area contributed by atoms with E-state index in [9.17, 15) is 0 Å². The molecule has 0 saturated carbocycles. The van der Waals surface area contributed by atoms with E-state index < -0.39 is 0 Å².